The van der Waals surface area contributed by atoms with E-state index in [9.17, 15) is 19.2 Å². The zero-order valence-electron chi connectivity index (χ0n) is 18.5. The first-order valence-corrected chi connectivity index (χ1v) is 10.5. The fourth-order valence-corrected chi connectivity index (χ4v) is 3.51. The molecule has 0 radical (unpaired) electrons. The van der Waals surface area contributed by atoms with Gasteiger partial charge in [-0.15, -0.1) is 0 Å². The third-order valence-corrected chi connectivity index (χ3v) is 4.99. The summed E-state index contributed by atoms with van der Waals surface area (Å²) >= 11 is 0. The number of fused-ring (bicyclic) bond motifs is 1. The Hall–Kier alpha value is -4.54. The van der Waals surface area contributed by atoms with Gasteiger partial charge in [0.05, 0.1) is 28.8 Å². The maximum Gasteiger partial charge on any atom is 0.340 e. The number of carbonyl (C=O) groups is 2. The SMILES string of the molecule is CCOC(=O)c1ccccc1NC(=O)Cn1c(=O)n(Cc2nc(C)no2)c(=O)c2ccccc21. The van der Waals surface area contributed by atoms with Gasteiger partial charge in [-0.25, -0.2) is 9.59 Å². The Bertz CT molecular complexity index is 1500. The molecule has 2 aromatic heterocycles. The van der Waals surface area contributed by atoms with Crippen LogP contribution in [0.4, 0.5) is 5.69 Å². The molecule has 0 saturated heterocycles. The highest BCUT2D eigenvalue weighted by atomic mass is 16.5. The fraction of sp³-hybridized carbons (Fsp3) is 0.217. The topological polar surface area (TPSA) is 138 Å². The van der Waals surface area contributed by atoms with Crippen molar-refractivity contribution in [2.45, 2.75) is 26.9 Å². The van der Waals surface area contributed by atoms with Crippen molar-refractivity contribution in [3.63, 3.8) is 0 Å². The Morgan fingerprint density at radius 3 is 2.53 bits per heavy atom. The normalized spacial score (nSPS) is 10.9. The molecule has 0 saturated carbocycles. The van der Waals surface area contributed by atoms with Gasteiger partial charge in [0.25, 0.3) is 5.56 Å². The molecule has 4 aromatic rings. The summed E-state index contributed by atoms with van der Waals surface area (Å²) in [5, 5.41) is 6.57. The zero-order chi connectivity index (χ0) is 24.2. The minimum atomic E-state index is -0.714. The number of para-hydroxylation sites is 2. The second-order valence-corrected chi connectivity index (χ2v) is 7.33. The average molecular weight is 463 g/mol. The summed E-state index contributed by atoms with van der Waals surface area (Å²) in [6, 6.07) is 12.9. The number of hydrogen-bond acceptors (Lipinski definition) is 8. The van der Waals surface area contributed by atoms with Gasteiger partial charge in [-0.3, -0.25) is 18.7 Å². The lowest BCUT2D eigenvalue weighted by Crippen LogP contribution is -2.42. The first-order valence-electron chi connectivity index (χ1n) is 10.5. The van der Waals surface area contributed by atoms with E-state index in [-0.39, 0.29) is 35.7 Å². The summed E-state index contributed by atoms with van der Waals surface area (Å²) < 4.78 is 12.2. The lowest BCUT2D eigenvalue weighted by Gasteiger charge is -2.14. The number of aromatic nitrogens is 4. The summed E-state index contributed by atoms with van der Waals surface area (Å²) in [4.78, 5) is 55.4. The maximum absolute atomic E-state index is 13.2. The van der Waals surface area contributed by atoms with Crippen LogP contribution in [0.1, 0.15) is 29.0 Å². The van der Waals surface area contributed by atoms with Gasteiger partial charge in [-0.05, 0) is 38.1 Å². The van der Waals surface area contributed by atoms with Crippen LogP contribution >= 0.6 is 0 Å². The van der Waals surface area contributed by atoms with E-state index in [1.54, 1.807) is 56.3 Å². The van der Waals surface area contributed by atoms with Crippen molar-refractivity contribution in [2.24, 2.45) is 0 Å². The number of nitrogens with one attached hydrogen (secondary N) is 1. The van der Waals surface area contributed by atoms with Crippen LogP contribution in [-0.4, -0.2) is 37.8 Å². The Morgan fingerprint density at radius 2 is 1.79 bits per heavy atom. The number of nitrogens with zero attached hydrogens (tertiary/aromatic N) is 4. The molecule has 174 valence electrons. The van der Waals surface area contributed by atoms with Crippen LogP contribution in [-0.2, 0) is 22.6 Å². The number of benzene rings is 2. The predicted molar refractivity (Wildman–Crippen MR) is 122 cm³/mol. The number of hydrogen-bond donors (Lipinski definition) is 1. The molecule has 34 heavy (non-hydrogen) atoms. The lowest BCUT2D eigenvalue weighted by molar-refractivity contribution is -0.116. The Morgan fingerprint density at radius 1 is 1.06 bits per heavy atom. The zero-order valence-corrected chi connectivity index (χ0v) is 18.5. The minimum Gasteiger partial charge on any atom is -0.462 e. The van der Waals surface area contributed by atoms with Crippen molar-refractivity contribution in [2.75, 3.05) is 11.9 Å². The van der Waals surface area contributed by atoms with Crippen LogP contribution in [0.25, 0.3) is 10.9 Å². The molecular weight excluding hydrogens is 442 g/mol. The number of carbonyl (C=O) groups excluding carboxylic acids is 2. The van der Waals surface area contributed by atoms with Gasteiger partial charge < -0.3 is 14.6 Å². The number of amides is 1. The van der Waals surface area contributed by atoms with Gasteiger partial charge in [0.2, 0.25) is 11.8 Å². The van der Waals surface area contributed by atoms with E-state index in [0.29, 0.717) is 11.3 Å². The maximum atomic E-state index is 13.2. The Kier molecular flexibility index (Phi) is 6.35. The molecule has 0 atom stereocenters. The van der Waals surface area contributed by atoms with Gasteiger partial charge in [-0.1, -0.05) is 29.4 Å². The molecule has 0 bridgehead atoms. The molecule has 11 heteroatoms. The van der Waals surface area contributed by atoms with Gasteiger partial charge >= 0.3 is 11.7 Å². The summed E-state index contributed by atoms with van der Waals surface area (Å²) in [6.45, 7) is 2.84. The van der Waals surface area contributed by atoms with Crippen molar-refractivity contribution in [3.05, 3.63) is 86.6 Å². The first kappa shape index (κ1) is 22.6. The summed E-state index contributed by atoms with van der Waals surface area (Å²) in [5.74, 6) is -0.692. The van der Waals surface area contributed by atoms with E-state index in [1.807, 2.05) is 0 Å². The summed E-state index contributed by atoms with van der Waals surface area (Å²) in [5.41, 5.74) is -0.525. The van der Waals surface area contributed by atoms with Gasteiger partial charge in [0.15, 0.2) is 5.82 Å². The average Bonchev–Trinajstić information content (AvgIpc) is 3.24. The van der Waals surface area contributed by atoms with Crippen molar-refractivity contribution < 1.29 is 18.8 Å². The largest absolute Gasteiger partial charge is 0.462 e. The molecule has 1 amide bonds. The van der Waals surface area contributed by atoms with Crippen LogP contribution in [0, 0.1) is 6.92 Å². The van der Waals surface area contributed by atoms with Crippen LogP contribution < -0.4 is 16.6 Å². The molecule has 2 aromatic carbocycles. The second kappa shape index (κ2) is 9.53. The smallest absolute Gasteiger partial charge is 0.340 e. The highest BCUT2D eigenvalue weighted by Gasteiger charge is 2.19. The highest BCUT2D eigenvalue weighted by Crippen LogP contribution is 2.17. The Labute approximate surface area is 192 Å². The molecule has 2 heterocycles. The number of aryl methyl sites for hydroxylation is 1. The van der Waals surface area contributed by atoms with Crippen LogP contribution in [0.15, 0.2) is 62.6 Å². The van der Waals surface area contributed by atoms with Crippen molar-refractivity contribution >= 4 is 28.5 Å². The van der Waals surface area contributed by atoms with Crippen LogP contribution in [0.2, 0.25) is 0 Å². The van der Waals surface area contributed by atoms with Gasteiger partial charge in [-0.2, -0.15) is 4.98 Å². The van der Waals surface area contributed by atoms with Gasteiger partial charge in [0, 0.05) is 0 Å². The van der Waals surface area contributed by atoms with E-state index in [2.05, 4.69) is 15.5 Å². The van der Waals surface area contributed by atoms with Crippen LogP contribution in [0.5, 0.6) is 0 Å². The first-order chi connectivity index (χ1) is 16.4. The fourth-order valence-electron chi connectivity index (χ4n) is 3.51. The summed E-state index contributed by atoms with van der Waals surface area (Å²) in [6.07, 6.45) is 0. The number of anilines is 1. The lowest BCUT2D eigenvalue weighted by atomic mass is 10.2. The third-order valence-electron chi connectivity index (χ3n) is 4.99. The van der Waals surface area contributed by atoms with E-state index < -0.39 is 29.7 Å². The van der Waals surface area contributed by atoms with Crippen molar-refractivity contribution in [3.8, 4) is 0 Å². The standard InChI is InChI=1S/C23H21N5O6/c1-3-33-22(31)15-8-4-6-10-17(15)25-19(29)12-27-18-11-7-5-9-16(18)21(30)28(23(27)32)13-20-24-14(2)26-34-20/h4-11H,3,12-13H2,1-2H3,(H,25,29). The number of rotatable bonds is 7. The molecule has 0 spiro atoms. The number of ether oxygens (including phenoxy) is 1. The van der Waals surface area contributed by atoms with E-state index in [4.69, 9.17) is 9.26 Å². The van der Waals surface area contributed by atoms with E-state index >= 15 is 0 Å². The molecular formula is C23H21N5O6. The van der Waals surface area contributed by atoms with Crippen molar-refractivity contribution in [1.29, 1.82) is 0 Å². The summed E-state index contributed by atoms with van der Waals surface area (Å²) in [7, 11) is 0. The third kappa shape index (κ3) is 4.49. The molecule has 0 fully saturated rings. The van der Waals surface area contributed by atoms with E-state index in [0.717, 1.165) is 4.57 Å². The second-order valence-electron chi connectivity index (χ2n) is 7.33. The molecule has 1 N–H and O–H groups in total. The molecule has 4 rings (SSSR count). The number of esters is 1. The monoisotopic (exact) mass is 463 g/mol. The molecule has 0 aliphatic heterocycles. The van der Waals surface area contributed by atoms with E-state index in [1.165, 1.54) is 10.6 Å². The molecule has 0 unspecified atom stereocenters. The molecule has 0 aliphatic carbocycles. The molecule has 11 nitrogen and oxygen atoms in total. The quantitative estimate of drug-likeness (QED) is 0.409. The van der Waals surface area contributed by atoms with Crippen molar-refractivity contribution in [1.82, 2.24) is 19.3 Å². The highest BCUT2D eigenvalue weighted by molar-refractivity contribution is 6.01. The van der Waals surface area contributed by atoms with Gasteiger partial charge in [0.1, 0.15) is 13.1 Å². The Balaban J connectivity index is 1.71. The van der Waals surface area contributed by atoms with Crippen LogP contribution in [0.3, 0.4) is 0 Å². The molecule has 0 aliphatic rings. The predicted octanol–water partition coefficient (Wildman–Crippen LogP) is 1.72. The minimum absolute atomic E-state index is 0.0892.